The predicted molar refractivity (Wildman–Crippen MR) is 134 cm³/mol. The lowest BCUT2D eigenvalue weighted by atomic mass is 10.1. The van der Waals surface area contributed by atoms with E-state index in [0.29, 0.717) is 22.2 Å². The summed E-state index contributed by atoms with van der Waals surface area (Å²) >= 11 is 13.7. The molecular weight excluding hydrogens is 467 g/mol. The molecule has 2 aromatic carbocycles. The number of benzene rings is 2. The van der Waals surface area contributed by atoms with E-state index in [1.807, 2.05) is 51.1 Å². The Morgan fingerprint density at radius 3 is 2.28 bits per heavy atom. The lowest BCUT2D eigenvalue weighted by Gasteiger charge is -2.31. The first kappa shape index (κ1) is 26.4. The number of rotatable bonds is 11. The largest absolute Gasteiger partial charge is 0.497 e. The molecule has 0 aromatic heterocycles. The van der Waals surface area contributed by atoms with E-state index in [0.717, 1.165) is 16.9 Å². The van der Waals surface area contributed by atoms with Crippen LogP contribution in [0.3, 0.4) is 0 Å². The molecule has 0 fully saturated rings. The molecule has 2 rings (SSSR count). The van der Waals surface area contributed by atoms with Gasteiger partial charge in [-0.25, -0.2) is 0 Å². The topological polar surface area (TPSA) is 58.6 Å². The molecule has 174 valence electrons. The Balaban J connectivity index is 2.14. The highest BCUT2D eigenvalue weighted by atomic mass is 35.5. The van der Waals surface area contributed by atoms with Gasteiger partial charge in [0.15, 0.2) is 0 Å². The summed E-state index contributed by atoms with van der Waals surface area (Å²) in [5.74, 6) is 1.49. The van der Waals surface area contributed by atoms with Crippen LogP contribution in [0.1, 0.15) is 38.3 Å². The van der Waals surface area contributed by atoms with Crippen molar-refractivity contribution in [2.24, 2.45) is 0 Å². The molecule has 2 aromatic rings. The van der Waals surface area contributed by atoms with Gasteiger partial charge in [-0.15, -0.1) is 11.8 Å². The van der Waals surface area contributed by atoms with E-state index in [2.05, 4.69) is 5.32 Å². The van der Waals surface area contributed by atoms with Gasteiger partial charge in [0.1, 0.15) is 11.8 Å². The van der Waals surface area contributed by atoms with Crippen molar-refractivity contribution < 1.29 is 14.3 Å². The molecule has 8 heteroatoms. The van der Waals surface area contributed by atoms with Gasteiger partial charge in [-0.3, -0.25) is 9.59 Å². The number of carbonyl (C=O) groups is 2. The summed E-state index contributed by atoms with van der Waals surface area (Å²) in [4.78, 5) is 27.7. The van der Waals surface area contributed by atoms with Gasteiger partial charge in [0, 0.05) is 18.3 Å². The molecule has 0 bridgehead atoms. The van der Waals surface area contributed by atoms with E-state index in [1.165, 1.54) is 11.8 Å². The molecular formula is C24H30Cl2N2O3S. The van der Waals surface area contributed by atoms with Gasteiger partial charge in [-0.1, -0.05) is 48.3 Å². The lowest BCUT2D eigenvalue weighted by molar-refractivity contribution is -0.139. The summed E-state index contributed by atoms with van der Waals surface area (Å²) in [6, 6.07) is 12.5. The van der Waals surface area contributed by atoms with Gasteiger partial charge in [0.05, 0.1) is 22.9 Å². The molecule has 0 saturated heterocycles. The molecule has 5 nitrogen and oxygen atoms in total. The van der Waals surface area contributed by atoms with Crippen LogP contribution in [-0.4, -0.2) is 41.7 Å². The number of hydrogen-bond donors (Lipinski definition) is 1. The van der Waals surface area contributed by atoms with Gasteiger partial charge in [-0.2, -0.15) is 0 Å². The van der Waals surface area contributed by atoms with Crippen molar-refractivity contribution in [2.75, 3.05) is 12.9 Å². The van der Waals surface area contributed by atoms with E-state index < -0.39 is 6.04 Å². The van der Waals surface area contributed by atoms with E-state index in [-0.39, 0.29) is 30.2 Å². The number of methoxy groups -OCH3 is 1. The zero-order chi connectivity index (χ0) is 23.7. The standard InChI is InChI=1S/C24H30Cl2N2O3S/c1-5-22(24(30)27-16(2)3)28(13-18-8-11-20(25)21(26)12-18)23(29)15-32-14-17-6-9-19(31-4)10-7-17/h6-12,16,22H,5,13-15H2,1-4H3,(H,27,30). The van der Waals surface area contributed by atoms with Crippen LogP contribution in [0.4, 0.5) is 0 Å². The van der Waals surface area contributed by atoms with E-state index in [1.54, 1.807) is 24.1 Å². The first-order chi connectivity index (χ1) is 15.2. The molecule has 0 heterocycles. The third-order valence-electron chi connectivity index (χ3n) is 4.81. The van der Waals surface area contributed by atoms with Crippen LogP contribution in [0, 0.1) is 0 Å². The number of amides is 2. The summed E-state index contributed by atoms with van der Waals surface area (Å²) in [6.45, 7) is 5.99. The second-order valence-corrected chi connectivity index (χ2v) is 9.50. The van der Waals surface area contributed by atoms with Crippen molar-refractivity contribution in [2.45, 2.75) is 51.6 Å². The molecule has 0 radical (unpaired) electrons. The number of thioether (sulfide) groups is 1. The Labute approximate surface area is 204 Å². The highest BCUT2D eigenvalue weighted by Gasteiger charge is 2.29. The van der Waals surface area contributed by atoms with E-state index >= 15 is 0 Å². The van der Waals surface area contributed by atoms with Crippen LogP contribution in [0.5, 0.6) is 5.75 Å². The van der Waals surface area contributed by atoms with Gasteiger partial charge >= 0.3 is 0 Å². The Morgan fingerprint density at radius 2 is 1.72 bits per heavy atom. The maximum atomic E-state index is 13.2. The Hall–Kier alpha value is -1.89. The third-order valence-corrected chi connectivity index (χ3v) is 6.53. The molecule has 1 unspecified atom stereocenters. The van der Waals surface area contributed by atoms with Gasteiger partial charge in [0.2, 0.25) is 11.8 Å². The minimum Gasteiger partial charge on any atom is -0.497 e. The summed E-state index contributed by atoms with van der Waals surface area (Å²) < 4.78 is 5.18. The zero-order valence-corrected chi connectivity index (χ0v) is 21.2. The Kier molecular flexibility index (Phi) is 10.7. The summed E-state index contributed by atoms with van der Waals surface area (Å²) in [7, 11) is 1.63. The SMILES string of the molecule is CCC(C(=O)NC(C)C)N(Cc1ccc(Cl)c(Cl)c1)C(=O)CSCc1ccc(OC)cc1. The van der Waals surface area contributed by atoms with Crippen molar-refractivity contribution in [3.05, 3.63) is 63.6 Å². The Bertz CT molecular complexity index is 907. The maximum Gasteiger partial charge on any atom is 0.243 e. The van der Waals surface area contributed by atoms with Gasteiger partial charge in [0.25, 0.3) is 0 Å². The molecule has 0 aliphatic heterocycles. The van der Waals surface area contributed by atoms with E-state index in [9.17, 15) is 9.59 Å². The lowest BCUT2D eigenvalue weighted by Crippen LogP contribution is -2.50. The van der Waals surface area contributed by atoms with Crippen LogP contribution in [0.25, 0.3) is 0 Å². The predicted octanol–water partition coefficient (Wildman–Crippen LogP) is 5.57. The molecule has 0 aliphatic rings. The molecule has 0 spiro atoms. The maximum absolute atomic E-state index is 13.2. The highest BCUT2D eigenvalue weighted by molar-refractivity contribution is 7.99. The first-order valence-electron chi connectivity index (χ1n) is 10.5. The average molecular weight is 497 g/mol. The average Bonchev–Trinajstić information content (AvgIpc) is 2.76. The van der Waals surface area contributed by atoms with E-state index in [4.69, 9.17) is 27.9 Å². The van der Waals surface area contributed by atoms with Crippen LogP contribution >= 0.6 is 35.0 Å². The van der Waals surface area contributed by atoms with Crippen molar-refractivity contribution in [1.82, 2.24) is 10.2 Å². The van der Waals surface area contributed by atoms with Crippen molar-refractivity contribution >= 4 is 46.8 Å². The van der Waals surface area contributed by atoms with Crippen LogP contribution in [0.15, 0.2) is 42.5 Å². The second kappa shape index (κ2) is 13.0. The summed E-state index contributed by atoms with van der Waals surface area (Å²) in [5, 5.41) is 3.80. The van der Waals surface area contributed by atoms with Crippen LogP contribution in [0.2, 0.25) is 10.0 Å². The third kappa shape index (κ3) is 7.91. The molecule has 32 heavy (non-hydrogen) atoms. The number of halogens is 2. The van der Waals surface area contributed by atoms with Gasteiger partial charge < -0.3 is 15.0 Å². The fourth-order valence-corrected chi connectivity index (χ4v) is 4.39. The summed E-state index contributed by atoms with van der Waals surface area (Å²) in [6.07, 6.45) is 0.509. The van der Waals surface area contributed by atoms with Crippen LogP contribution in [-0.2, 0) is 21.9 Å². The minimum absolute atomic E-state index is 0.0112. The number of nitrogens with one attached hydrogen (secondary N) is 1. The monoisotopic (exact) mass is 496 g/mol. The first-order valence-corrected chi connectivity index (χ1v) is 12.4. The van der Waals surface area contributed by atoms with Gasteiger partial charge in [-0.05, 0) is 55.7 Å². The number of nitrogens with zero attached hydrogens (tertiary/aromatic N) is 1. The molecule has 2 amide bonds. The molecule has 0 saturated carbocycles. The molecule has 1 atom stereocenters. The second-order valence-electron chi connectivity index (χ2n) is 7.70. The zero-order valence-electron chi connectivity index (χ0n) is 18.9. The smallest absolute Gasteiger partial charge is 0.243 e. The van der Waals surface area contributed by atoms with Crippen LogP contribution < -0.4 is 10.1 Å². The Morgan fingerprint density at radius 1 is 1.06 bits per heavy atom. The minimum atomic E-state index is -0.569. The van der Waals surface area contributed by atoms with Crippen molar-refractivity contribution in [3.63, 3.8) is 0 Å². The fourth-order valence-electron chi connectivity index (χ4n) is 3.20. The molecule has 1 N–H and O–H groups in total. The number of ether oxygens (including phenoxy) is 1. The normalized spacial score (nSPS) is 11.8. The highest BCUT2D eigenvalue weighted by Crippen LogP contribution is 2.25. The fraction of sp³-hybridized carbons (Fsp3) is 0.417. The summed E-state index contributed by atoms with van der Waals surface area (Å²) in [5.41, 5.74) is 1.92. The number of carbonyl (C=O) groups excluding carboxylic acids is 2. The number of hydrogen-bond acceptors (Lipinski definition) is 4. The molecule has 0 aliphatic carbocycles. The van der Waals surface area contributed by atoms with Crippen molar-refractivity contribution in [1.29, 1.82) is 0 Å². The van der Waals surface area contributed by atoms with Crippen molar-refractivity contribution in [3.8, 4) is 5.75 Å². The quantitative estimate of drug-likeness (QED) is 0.441.